The van der Waals surface area contributed by atoms with E-state index in [0.717, 1.165) is 16.9 Å². The Balaban J connectivity index is 1.76. The second kappa shape index (κ2) is 8.46. The van der Waals surface area contributed by atoms with Crippen molar-refractivity contribution in [1.29, 1.82) is 0 Å². The molecule has 1 saturated heterocycles. The van der Waals surface area contributed by atoms with Gasteiger partial charge in [-0.2, -0.15) is 0 Å². The first-order chi connectivity index (χ1) is 13.4. The summed E-state index contributed by atoms with van der Waals surface area (Å²) in [5.74, 6) is 0.401. The number of nitrogens with zero attached hydrogens (tertiary/aromatic N) is 1. The predicted molar refractivity (Wildman–Crippen MR) is 112 cm³/mol. The Bertz CT molecular complexity index is 860. The fourth-order valence-corrected chi connectivity index (χ4v) is 3.50. The first-order valence-electron chi connectivity index (χ1n) is 9.82. The molecular formula is C23H28N2O3. The predicted octanol–water partition coefficient (Wildman–Crippen LogP) is 4.59. The second-order valence-corrected chi connectivity index (χ2v) is 7.77. The van der Waals surface area contributed by atoms with Crippen molar-refractivity contribution in [3.05, 3.63) is 54.1 Å². The van der Waals surface area contributed by atoms with Crippen molar-refractivity contribution >= 4 is 23.2 Å². The number of nitrogens with one attached hydrogen (secondary N) is 1. The molecule has 1 heterocycles. The van der Waals surface area contributed by atoms with Gasteiger partial charge in [-0.15, -0.1) is 0 Å². The Kier molecular flexibility index (Phi) is 6.02. The Morgan fingerprint density at radius 3 is 2.46 bits per heavy atom. The number of para-hydroxylation sites is 3. The number of hydrogen-bond donors (Lipinski definition) is 1. The van der Waals surface area contributed by atoms with E-state index in [4.69, 9.17) is 4.74 Å². The molecule has 1 aliphatic rings. The maximum Gasteiger partial charge on any atom is 0.229 e. The molecule has 0 spiro atoms. The smallest absolute Gasteiger partial charge is 0.229 e. The Morgan fingerprint density at radius 1 is 1.07 bits per heavy atom. The Labute approximate surface area is 166 Å². The monoisotopic (exact) mass is 380 g/mol. The van der Waals surface area contributed by atoms with Crippen LogP contribution < -0.4 is 15.0 Å². The maximum absolute atomic E-state index is 12.9. The average molecular weight is 380 g/mol. The number of rotatable bonds is 6. The van der Waals surface area contributed by atoms with Gasteiger partial charge in [-0.1, -0.05) is 44.2 Å². The molecule has 0 aromatic heterocycles. The van der Waals surface area contributed by atoms with Gasteiger partial charge < -0.3 is 15.0 Å². The summed E-state index contributed by atoms with van der Waals surface area (Å²) in [6, 6.07) is 15.3. The summed E-state index contributed by atoms with van der Waals surface area (Å²) in [5, 5.41) is 3.02. The summed E-state index contributed by atoms with van der Waals surface area (Å²) >= 11 is 0. The first kappa shape index (κ1) is 19.9. The lowest BCUT2D eigenvalue weighted by Crippen LogP contribution is -2.29. The molecule has 1 fully saturated rings. The first-order valence-corrected chi connectivity index (χ1v) is 9.82. The molecule has 2 aromatic rings. The number of amides is 2. The van der Waals surface area contributed by atoms with Gasteiger partial charge in [0.15, 0.2) is 0 Å². The molecule has 148 valence electrons. The molecule has 3 rings (SSSR count). The Morgan fingerprint density at radius 2 is 1.75 bits per heavy atom. The highest BCUT2D eigenvalue weighted by molar-refractivity contribution is 6.04. The standard InChI is InChI=1S/C23H28N2O3/c1-15(2)18-9-5-6-10-19(18)24-23(27)17-13-22(26)25(14-17)20-11-7-8-12-21(20)28-16(3)4/h5-12,15-17H,13-14H2,1-4H3,(H,24,27). The van der Waals surface area contributed by atoms with Crippen molar-refractivity contribution in [2.75, 3.05) is 16.8 Å². The topological polar surface area (TPSA) is 58.6 Å². The second-order valence-electron chi connectivity index (χ2n) is 7.77. The molecule has 1 N–H and O–H groups in total. The van der Waals surface area contributed by atoms with Gasteiger partial charge in [0.05, 0.1) is 17.7 Å². The highest BCUT2D eigenvalue weighted by atomic mass is 16.5. The van der Waals surface area contributed by atoms with Crippen LogP contribution in [0, 0.1) is 5.92 Å². The van der Waals surface area contributed by atoms with Crippen LogP contribution in [0.25, 0.3) is 0 Å². The highest BCUT2D eigenvalue weighted by Gasteiger charge is 2.36. The van der Waals surface area contributed by atoms with Crippen LogP contribution in [0.2, 0.25) is 0 Å². The number of carbonyl (C=O) groups is 2. The van der Waals surface area contributed by atoms with Crippen LogP contribution in [0.15, 0.2) is 48.5 Å². The molecule has 1 atom stereocenters. The molecule has 5 nitrogen and oxygen atoms in total. The van der Waals surface area contributed by atoms with Gasteiger partial charge >= 0.3 is 0 Å². The minimum Gasteiger partial charge on any atom is -0.489 e. The zero-order chi connectivity index (χ0) is 20.3. The van der Waals surface area contributed by atoms with E-state index in [0.29, 0.717) is 18.2 Å². The molecule has 0 saturated carbocycles. The number of ether oxygens (including phenoxy) is 1. The van der Waals surface area contributed by atoms with Crippen molar-refractivity contribution in [3.8, 4) is 5.75 Å². The number of hydrogen-bond acceptors (Lipinski definition) is 3. The van der Waals surface area contributed by atoms with Crippen molar-refractivity contribution in [2.45, 2.75) is 46.1 Å². The zero-order valence-corrected chi connectivity index (χ0v) is 16.9. The highest BCUT2D eigenvalue weighted by Crippen LogP contribution is 2.34. The van der Waals surface area contributed by atoms with Gasteiger partial charge in [0.25, 0.3) is 0 Å². The minimum absolute atomic E-state index is 0.00508. The third-order valence-electron chi connectivity index (χ3n) is 4.86. The Hall–Kier alpha value is -2.82. The largest absolute Gasteiger partial charge is 0.489 e. The van der Waals surface area contributed by atoms with Crippen LogP contribution in [-0.2, 0) is 9.59 Å². The van der Waals surface area contributed by atoms with E-state index in [-0.39, 0.29) is 30.3 Å². The molecule has 1 aliphatic heterocycles. The third kappa shape index (κ3) is 4.35. The molecule has 2 amide bonds. The molecule has 0 aliphatic carbocycles. The van der Waals surface area contributed by atoms with Crippen molar-refractivity contribution in [3.63, 3.8) is 0 Å². The fraction of sp³-hybridized carbons (Fsp3) is 0.391. The summed E-state index contributed by atoms with van der Waals surface area (Å²) in [6.07, 6.45) is 0.205. The van der Waals surface area contributed by atoms with Gasteiger partial charge in [0.2, 0.25) is 11.8 Å². The van der Waals surface area contributed by atoms with Crippen molar-refractivity contribution in [1.82, 2.24) is 0 Å². The minimum atomic E-state index is -0.389. The van der Waals surface area contributed by atoms with E-state index in [1.54, 1.807) is 4.90 Å². The molecule has 0 radical (unpaired) electrons. The number of carbonyl (C=O) groups excluding carboxylic acids is 2. The normalized spacial score (nSPS) is 16.7. The summed E-state index contributed by atoms with van der Waals surface area (Å²) in [4.78, 5) is 27.2. The van der Waals surface area contributed by atoms with Crippen molar-refractivity contribution < 1.29 is 14.3 Å². The van der Waals surface area contributed by atoms with Gasteiger partial charge in [-0.25, -0.2) is 0 Å². The van der Waals surface area contributed by atoms with E-state index in [2.05, 4.69) is 19.2 Å². The molecular weight excluding hydrogens is 352 g/mol. The third-order valence-corrected chi connectivity index (χ3v) is 4.86. The van der Waals surface area contributed by atoms with Gasteiger partial charge in [-0.05, 0) is 43.5 Å². The lowest BCUT2D eigenvalue weighted by molar-refractivity contribution is -0.122. The van der Waals surface area contributed by atoms with E-state index in [9.17, 15) is 9.59 Å². The van der Waals surface area contributed by atoms with Crippen LogP contribution in [0.4, 0.5) is 11.4 Å². The maximum atomic E-state index is 12.9. The summed E-state index contributed by atoms with van der Waals surface area (Å²) in [6.45, 7) is 8.44. The van der Waals surface area contributed by atoms with E-state index in [1.807, 2.05) is 62.4 Å². The molecule has 28 heavy (non-hydrogen) atoms. The van der Waals surface area contributed by atoms with Crippen LogP contribution in [-0.4, -0.2) is 24.5 Å². The quantitative estimate of drug-likeness (QED) is 0.797. The van der Waals surface area contributed by atoms with Crippen LogP contribution in [0.5, 0.6) is 5.75 Å². The van der Waals surface area contributed by atoms with E-state index < -0.39 is 0 Å². The molecule has 0 bridgehead atoms. The lowest BCUT2D eigenvalue weighted by Gasteiger charge is -2.22. The number of benzene rings is 2. The summed E-state index contributed by atoms with van der Waals surface area (Å²) < 4.78 is 5.85. The van der Waals surface area contributed by atoms with Crippen LogP contribution in [0.3, 0.4) is 0 Å². The summed E-state index contributed by atoms with van der Waals surface area (Å²) in [5.41, 5.74) is 2.63. The SMILES string of the molecule is CC(C)Oc1ccccc1N1CC(C(=O)Nc2ccccc2C(C)C)CC1=O. The fourth-order valence-electron chi connectivity index (χ4n) is 3.50. The van der Waals surface area contributed by atoms with Crippen molar-refractivity contribution in [2.24, 2.45) is 5.92 Å². The number of anilines is 2. The van der Waals surface area contributed by atoms with Crippen LogP contribution >= 0.6 is 0 Å². The van der Waals surface area contributed by atoms with E-state index in [1.165, 1.54) is 0 Å². The van der Waals surface area contributed by atoms with E-state index >= 15 is 0 Å². The molecule has 5 heteroatoms. The van der Waals surface area contributed by atoms with Gasteiger partial charge in [0, 0.05) is 18.7 Å². The van der Waals surface area contributed by atoms with Gasteiger partial charge in [0.1, 0.15) is 5.75 Å². The lowest BCUT2D eigenvalue weighted by atomic mass is 10.0. The summed E-state index contributed by atoms with van der Waals surface area (Å²) in [7, 11) is 0. The van der Waals surface area contributed by atoms with Crippen LogP contribution in [0.1, 0.15) is 45.6 Å². The molecule has 2 aromatic carbocycles. The average Bonchev–Trinajstić information content (AvgIpc) is 3.04. The zero-order valence-electron chi connectivity index (χ0n) is 16.9. The molecule has 1 unspecified atom stereocenters. The van der Waals surface area contributed by atoms with Gasteiger partial charge in [-0.3, -0.25) is 9.59 Å².